The van der Waals surface area contributed by atoms with Crippen LogP contribution in [-0.2, 0) is 20.0 Å². The fourth-order valence-corrected chi connectivity index (χ4v) is 4.45. The molecule has 2 aromatic carbocycles. The minimum Gasteiger partial charge on any atom is -0.322 e. The molecule has 3 aromatic rings. The van der Waals surface area contributed by atoms with Gasteiger partial charge in [0.05, 0.1) is 22.4 Å². The Labute approximate surface area is 192 Å². The molecule has 1 aromatic heterocycles. The van der Waals surface area contributed by atoms with E-state index in [2.05, 4.69) is 20.0 Å². The number of hydrogen-bond acceptors (Lipinski definition) is 7. The summed E-state index contributed by atoms with van der Waals surface area (Å²) < 4.78 is 52.4. The van der Waals surface area contributed by atoms with E-state index >= 15 is 0 Å². The SMILES string of the molecule is Cc1cc(C)nc(NS(=O)(=O)c2ccc(NC(=O)c3ccccc3N(C)S(C)(=O)=O)cc2)n1. The molecule has 2 N–H and O–H groups in total. The predicted molar refractivity (Wildman–Crippen MR) is 126 cm³/mol. The number of sulfonamides is 2. The number of amides is 1. The van der Waals surface area contributed by atoms with E-state index in [-0.39, 0.29) is 22.1 Å². The highest BCUT2D eigenvalue weighted by Gasteiger charge is 2.20. The maximum atomic E-state index is 12.8. The zero-order chi connectivity index (χ0) is 24.4. The van der Waals surface area contributed by atoms with Crippen LogP contribution < -0.4 is 14.3 Å². The highest BCUT2D eigenvalue weighted by atomic mass is 32.2. The average molecular weight is 490 g/mol. The molecule has 0 spiro atoms. The van der Waals surface area contributed by atoms with Crippen molar-refractivity contribution in [1.82, 2.24) is 9.97 Å². The summed E-state index contributed by atoms with van der Waals surface area (Å²) in [6.45, 7) is 3.46. The summed E-state index contributed by atoms with van der Waals surface area (Å²) in [6, 6.07) is 13.5. The van der Waals surface area contributed by atoms with Crippen molar-refractivity contribution < 1.29 is 21.6 Å². The van der Waals surface area contributed by atoms with E-state index in [1.54, 1.807) is 32.0 Å². The Morgan fingerprint density at radius 2 is 1.48 bits per heavy atom. The van der Waals surface area contributed by atoms with E-state index in [0.29, 0.717) is 17.1 Å². The second-order valence-corrected chi connectivity index (χ2v) is 11.0. The van der Waals surface area contributed by atoms with Gasteiger partial charge in [-0.25, -0.2) is 31.5 Å². The first kappa shape index (κ1) is 24.1. The van der Waals surface area contributed by atoms with Gasteiger partial charge in [0.2, 0.25) is 16.0 Å². The number of para-hydroxylation sites is 1. The van der Waals surface area contributed by atoms with E-state index < -0.39 is 26.0 Å². The molecular weight excluding hydrogens is 466 g/mol. The monoisotopic (exact) mass is 489 g/mol. The molecule has 0 saturated carbocycles. The van der Waals surface area contributed by atoms with Gasteiger partial charge in [-0.3, -0.25) is 9.10 Å². The Kier molecular flexibility index (Phi) is 6.70. The molecule has 0 aliphatic heterocycles. The summed E-state index contributed by atoms with van der Waals surface area (Å²) in [4.78, 5) is 20.9. The number of rotatable bonds is 7. The van der Waals surface area contributed by atoms with Crippen molar-refractivity contribution in [1.29, 1.82) is 0 Å². The minimum atomic E-state index is -3.94. The van der Waals surface area contributed by atoms with Gasteiger partial charge >= 0.3 is 0 Å². The number of nitrogens with one attached hydrogen (secondary N) is 2. The lowest BCUT2D eigenvalue weighted by molar-refractivity contribution is 0.102. The van der Waals surface area contributed by atoms with Crippen LogP contribution in [0.3, 0.4) is 0 Å². The second-order valence-electron chi connectivity index (χ2n) is 7.31. The number of aromatic nitrogens is 2. The molecule has 1 amide bonds. The number of carbonyl (C=O) groups is 1. The number of nitrogens with zero attached hydrogens (tertiary/aromatic N) is 3. The van der Waals surface area contributed by atoms with Gasteiger partial charge in [-0.05, 0) is 56.3 Å². The third-order valence-electron chi connectivity index (χ3n) is 4.62. The molecule has 174 valence electrons. The first-order valence-electron chi connectivity index (χ1n) is 9.66. The Bertz CT molecular complexity index is 1380. The zero-order valence-corrected chi connectivity index (χ0v) is 20.0. The summed E-state index contributed by atoms with van der Waals surface area (Å²) >= 11 is 0. The van der Waals surface area contributed by atoms with Crippen LogP contribution in [0.4, 0.5) is 17.3 Å². The van der Waals surface area contributed by atoms with E-state index in [0.717, 1.165) is 10.6 Å². The Balaban J connectivity index is 1.79. The smallest absolute Gasteiger partial charge is 0.264 e. The third-order valence-corrected chi connectivity index (χ3v) is 7.15. The van der Waals surface area contributed by atoms with Gasteiger partial charge in [-0.2, -0.15) is 0 Å². The van der Waals surface area contributed by atoms with E-state index in [1.165, 1.54) is 43.4 Å². The lowest BCUT2D eigenvalue weighted by atomic mass is 10.1. The lowest BCUT2D eigenvalue weighted by Crippen LogP contribution is -2.27. The maximum Gasteiger partial charge on any atom is 0.264 e. The van der Waals surface area contributed by atoms with Crippen molar-refractivity contribution >= 4 is 43.3 Å². The summed E-state index contributed by atoms with van der Waals surface area (Å²) in [5.74, 6) is -0.574. The molecule has 0 atom stereocenters. The molecule has 0 bridgehead atoms. The van der Waals surface area contributed by atoms with Crippen LogP contribution in [0.5, 0.6) is 0 Å². The summed E-state index contributed by atoms with van der Waals surface area (Å²) in [7, 11) is -6.15. The third kappa shape index (κ3) is 5.84. The van der Waals surface area contributed by atoms with Crippen molar-refractivity contribution in [3.05, 3.63) is 71.5 Å². The van der Waals surface area contributed by atoms with Gasteiger partial charge in [0.25, 0.3) is 15.9 Å². The maximum absolute atomic E-state index is 12.8. The van der Waals surface area contributed by atoms with Gasteiger partial charge in [0, 0.05) is 24.1 Å². The Morgan fingerprint density at radius 3 is 2.06 bits per heavy atom. The first-order valence-corrected chi connectivity index (χ1v) is 13.0. The molecular formula is C21H23N5O5S2. The van der Waals surface area contributed by atoms with Gasteiger partial charge in [-0.15, -0.1) is 0 Å². The summed E-state index contributed by atoms with van der Waals surface area (Å²) in [5.41, 5.74) is 1.95. The largest absolute Gasteiger partial charge is 0.322 e. The number of benzene rings is 2. The number of aryl methyl sites for hydroxylation is 2. The van der Waals surface area contributed by atoms with E-state index in [9.17, 15) is 21.6 Å². The normalized spacial score (nSPS) is 11.6. The molecule has 0 fully saturated rings. The highest BCUT2D eigenvalue weighted by molar-refractivity contribution is 7.92. The number of carbonyl (C=O) groups excluding carboxylic acids is 1. The fourth-order valence-electron chi connectivity index (χ4n) is 2.99. The molecule has 10 nitrogen and oxygen atoms in total. The van der Waals surface area contributed by atoms with Gasteiger partial charge in [0.15, 0.2) is 0 Å². The van der Waals surface area contributed by atoms with Crippen molar-refractivity contribution in [3.63, 3.8) is 0 Å². The molecule has 3 rings (SSSR count). The van der Waals surface area contributed by atoms with Gasteiger partial charge in [-0.1, -0.05) is 12.1 Å². The van der Waals surface area contributed by atoms with Crippen molar-refractivity contribution in [2.75, 3.05) is 27.6 Å². The van der Waals surface area contributed by atoms with E-state index in [4.69, 9.17) is 0 Å². The Hall–Kier alpha value is -3.51. The molecule has 12 heteroatoms. The number of anilines is 3. The van der Waals surface area contributed by atoms with Crippen LogP contribution in [-0.4, -0.2) is 46.0 Å². The van der Waals surface area contributed by atoms with Crippen LogP contribution in [0.1, 0.15) is 21.7 Å². The van der Waals surface area contributed by atoms with Crippen LogP contribution in [0.15, 0.2) is 59.5 Å². The van der Waals surface area contributed by atoms with Crippen LogP contribution in [0.2, 0.25) is 0 Å². The standard InChI is InChI=1S/C21H23N5O5S2/c1-14-13-15(2)23-21(22-14)25-33(30,31)17-11-9-16(10-12-17)24-20(27)18-7-5-6-8-19(18)26(3)32(4,28)29/h5-13H,1-4H3,(H,24,27)(H,22,23,25). The molecule has 0 aliphatic rings. The number of hydrogen-bond donors (Lipinski definition) is 2. The predicted octanol–water partition coefficient (Wildman–Crippen LogP) is 2.54. The zero-order valence-electron chi connectivity index (χ0n) is 18.4. The molecule has 0 saturated heterocycles. The fraction of sp³-hybridized carbons (Fsp3) is 0.190. The Morgan fingerprint density at radius 1 is 0.909 bits per heavy atom. The summed E-state index contributed by atoms with van der Waals surface area (Å²) in [6.07, 6.45) is 1.04. The van der Waals surface area contributed by atoms with Crippen LogP contribution in [0.25, 0.3) is 0 Å². The first-order chi connectivity index (χ1) is 15.4. The topological polar surface area (TPSA) is 138 Å². The molecule has 0 radical (unpaired) electrons. The van der Waals surface area contributed by atoms with Crippen molar-refractivity contribution in [2.24, 2.45) is 0 Å². The van der Waals surface area contributed by atoms with Crippen LogP contribution in [0, 0.1) is 13.8 Å². The highest BCUT2D eigenvalue weighted by Crippen LogP contribution is 2.23. The molecule has 1 heterocycles. The minimum absolute atomic E-state index is 0.0310. The molecule has 33 heavy (non-hydrogen) atoms. The molecule has 0 aliphatic carbocycles. The van der Waals surface area contributed by atoms with Crippen LogP contribution >= 0.6 is 0 Å². The average Bonchev–Trinajstić information content (AvgIpc) is 2.71. The summed E-state index contributed by atoms with van der Waals surface area (Å²) in [5, 5.41) is 2.65. The van der Waals surface area contributed by atoms with Crippen molar-refractivity contribution in [2.45, 2.75) is 18.7 Å². The molecule has 0 unspecified atom stereocenters. The quantitative estimate of drug-likeness (QED) is 0.520. The van der Waals surface area contributed by atoms with E-state index in [1.807, 2.05) is 0 Å². The van der Waals surface area contributed by atoms with Gasteiger partial charge < -0.3 is 5.32 Å². The van der Waals surface area contributed by atoms with Gasteiger partial charge in [0.1, 0.15) is 0 Å². The van der Waals surface area contributed by atoms with Crippen molar-refractivity contribution in [3.8, 4) is 0 Å². The lowest BCUT2D eigenvalue weighted by Gasteiger charge is -2.19. The second kappa shape index (κ2) is 9.16.